The highest BCUT2D eigenvalue weighted by Gasteiger charge is 2.42. The molecule has 14 heavy (non-hydrogen) atoms. The van der Waals surface area contributed by atoms with E-state index in [9.17, 15) is 0 Å². The van der Waals surface area contributed by atoms with Crippen LogP contribution in [0.2, 0.25) is 0 Å². The average Bonchev–Trinajstić information content (AvgIpc) is 2.27. The second-order valence-corrected chi connectivity index (χ2v) is 8.34. The molecular formula is C9H13Br3N2. The van der Waals surface area contributed by atoms with Crippen LogP contribution in [-0.2, 0) is 0 Å². The van der Waals surface area contributed by atoms with Gasteiger partial charge < -0.3 is 4.90 Å². The van der Waals surface area contributed by atoms with Gasteiger partial charge in [-0.05, 0) is 51.1 Å². The minimum absolute atomic E-state index is 0.143. The summed E-state index contributed by atoms with van der Waals surface area (Å²) in [5.74, 6) is 1.26. The van der Waals surface area contributed by atoms with Crippen molar-refractivity contribution in [3.8, 4) is 0 Å². The average molecular weight is 389 g/mol. The summed E-state index contributed by atoms with van der Waals surface area (Å²) in [6.45, 7) is 2.09. The Kier molecular flexibility index (Phi) is 3.60. The van der Waals surface area contributed by atoms with Gasteiger partial charge in [-0.25, -0.2) is 0 Å². The van der Waals surface area contributed by atoms with Crippen LogP contribution >= 0.6 is 47.8 Å². The molecule has 2 nitrogen and oxygen atoms in total. The molecule has 0 unspecified atom stereocenters. The molecule has 0 amide bonds. The third-order valence-electron chi connectivity index (χ3n) is 2.74. The number of nitrogens with zero attached hydrogens (tertiary/aromatic N) is 2. The fourth-order valence-corrected chi connectivity index (χ4v) is 3.76. The summed E-state index contributed by atoms with van der Waals surface area (Å²) in [6.07, 6.45) is 4.65. The van der Waals surface area contributed by atoms with Crippen molar-refractivity contribution >= 4 is 53.6 Å². The Morgan fingerprint density at radius 1 is 1.36 bits per heavy atom. The van der Waals surface area contributed by atoms with Gasteiger partial charge in [-0.2, -0.15) is 0 Å². The second-order valence-electron chi connectivity index (χ2n) is 3.75. The third kappa shape index (κ3) is 2.05. The monoisotopic (exact) mass is 386 g/mol. The maximum atomic E-state index is 4.60. The smallest absolute Gasteiger partial charge is 0.164 e. The number of amidine groups is 1. The first kappa shape index (κ1) is 11.4. The fraction of sp³-hybridized carbons (Fsp3) is 0.889. The standard InChI is InChI=1S/C9H13Br3N2/c10-7-3-1-4-8-13-5-2-6-14(8)9(7,11)12/h7H,1-6H2/t7-/m0/s1. The van der Waals surface area contributed by atoms with Gasteiger partial charge in [-0.1, -0.05) is 15.9 Å². The molecule has 0 aliphatic carbocycles. The van der Waals surface area contributed by atoms with E-state index >= 15 is 0 Å². The molecule has 1 atom stereocenters. The molecule has 2 heterocycles. The van der Waals surface area contributed by atoms with Crippen LogP contribution < -0.4 is 0 Å². The molecule has 0 N–H and O–H groups in total. The molecule has 2 aliphatic heterocycles. The van der Waals surface area contributed by atoms with E-state index in [4.69, 9.17) is 0 Å². The first-order chi connectivity index (χ1) is 6.62. The largest absolute Gasteiger partial charge is 0.335 e. The Hall–Kier alpha value is 0.910. The summed E-state index contributed by atoms with van der Waals surface area (Å²) in [5.41, 5.74) is 0. The first-order valence-corrected chi connectivity index (χ1v) is 7.45. The van der Waals surface area contributed by atoms with E-state index in [0.717, 1.165) is 25.9 Å². The minimum atomic E-state index is -0.143. The molecule has 0 spiro atoms. The van der Waals surface area contributed by atoms with Gasteiger partial charge in [0.15, 0.2) is 3.36 Å². The molecule has 5 heteroatoms. The van der Waals surface area contributed by atoms with Gasteiger partial charge in [0.1, 0.15) is 5.84 Å². The second kappa shape index (κ2) is 4.42. The van der Waals surface area contributed by atoms with Crippen LogP contribution in [0.4, 0.5) is 0 Å². The van der Waals surface area contributed by atoms with Gasteiger partial charge in [0.2, 0.25) is 0 Å². The molecule has 0 aromatic rings. The van der Waals surface area contributed by atoms with Crippen LogP contribution in [0.25, 0.3) is 0 Å². The predicted molar refractivity (Wildman–Crippen MR) is 70.8 cm³/mol. The molecule has 1 fully saturated rings. The van der Waals surface area contributed by atoms with Gasteiger partial charge in [0.25, 0.3) is 0 Å². The van der Waals surface area contributed by atoms with E-state index in [2.05, 4.69) is 57.7 Å². The molecular weight excluding hydrogens is 376 g/mol. The van der Waals surface area contributed by atoms with Crippen molar-refractivity contribution in [3.05, 3.63) is 0 Å². The number of alkyl halides is 3. The lowest BCUT2D eigenvalue weighted by Gasteiger charge is -2.40. The van der Waals surface area contributed by atoms with Gasteiger partial charge in [-0.3, -0.25) is 4.99 Å². The number of hydrogen-bond donors (Lipinski definition) is 0. The van der Waals surface area contributed by atoms with Crippen LogP contribution in [0, 0.1) is 0 Å². The summed E-state index contributed by atoms with van der Waals surface area (Å²) in [6, 6.07) is 0. The summed E-state index contributed by atoms with van der Waals surface area (Å²) in [4.78, 5) is 7.38. The van der Waals surface area contributed by atoms with Crippen molar-refractivity contribution in [3.63, 3.8) is 0 Å². The van der Waals surface area contributed by atoms with E-state index in [1.54, 1.807) is 0 Å². The number of aliphatic imine (C=N–C) groups is 1. The number of halogens is 3. The molecule has 2 aliphatic rings. The maximum absolute atomic E-state index is 4.60. The molecule has 0 aromatic heterocycles. The van der Waals surface area contributed by atoms with Crippen molar-refractivity contribution in [1.82, 2.24) is 4.90 Å². The number of hydrogen-bond acceptors (Lipinski definition) is 2. The van der Waals surface area contributed by atoms with Crippen LogP contribution in [0.3, 0.4) is 0 Å². The van der Waals surface area contributed by atoms with Crippen LogP contribution in [0.1, 0.15) is 25.7 Å². The number of fused-ring (bicyclic) bond motifs is 1. The highest BCUT2D eigenvalue weighted by molar-refractivity contribution is 9.26. The highest BCUT2D eigenvalue weighted by Crippen LogP contribution is 2.44. The SMILES string of the molecule is Br[C@H]1CCCC2=NCCCN2C1(Br)Br. The zero-order valence-corrected chi connectivity index (χ0v) is 12.6. The quantitative estimate of drug-likeness (QED) is 0.458. The van der Waals surface area contributed by atoms with E-state index in [1.807, 2.05) is 0 Å². The molecule has 0 aromatic carbocycles. The lowest BCUT2D eigenvalue weighted by Crippen LogP contribution is -2.49. The zero-order chi connectivity index (χ0) is 10.2. The molecule has 0 bridgehead atoms. The first-order valence-electron chi connectivity index (χ1n) is 4.95. The molecule has 0 saturated carbocycles. The van der Waals surface area contributed by atoms with Crippen LogP contribution in [-0.4, -0.2) is 32.0 Å². The van der Waals surface area contributed by atoms with E-state index in [1.165, 1.54) is 18.7 Å². The van der Waals surface area contributed by atoms with E-state index in [0.29, 0.717) is 4.83 Å². The summed E-state index contributed by atoms with van der Waals surface area (Å²) in [5, 5.41) is 0. The third-order valence-corrected chi connectivity index (χ3v) is 7.05. The van der Waals surface area contributed by atoms with Crippen LogP contribution in [0.5, 0.6) is 0 Å². The Balaban J connectivity index is 2.28. The Morgan fingerprint density at radius 2 is 2.14 bits per heavy atom. The van der Waals surface area contributed by atoms with Crippen molar-refractivity contribution < 1.29 is 0 Å². The molecule has 80 valence electrons. The normalized spacial score (nSPS) is 31.8. The van der Waals surface area contributed by atoms with Gasteiger partial charge >= 0.3 is 0 Å². The fourth-order valence-electron chi connectivity index (χ4n) is 1.97. The predicted octanol–water partition coefficient (Wildman–Crippen LogP) is 3.48. The van der Waals surface area contributed by atoms with Gasteiger partial charge in [-0.15, -0.1) is 0 Å². The van der Waals surface area contributed by atoms with Crippen molar-refractivity contribution in [1.29, 1.82) is 0 Å². The summed E-state index contributed by atoms with van der Waals surface area (Å²) in [7, 11) is 0. The van der Waals surface area contributed by atoms with E-state index in [-0.39, 0.29) is 3.36 Å². The summed E-state index contributed by atoms with van der Waals surface area (Å²) >= 11 is 11.3. The lowest BCUT2D eigenvalue weighted by atomic mass is 10.2. The summed E-state index contributed by atoms with van der Waals surface area (Å²) < 4.78 is -0.143. The minimum Gasteiger partial charge on any atom is -0.335 e. The Bertz CT molecular complexity index is 252. The topological polar surface area (TPSA) is 15.6 Å². The van der Waals surface area contributed by atoms with Crippen molar-refractivity contribution in [2.75, 3.05) is 13.1 Å². The highest BCUT2D eigenvalue weighted by atomic mass is 79.9. The molecule has 2 rings (SSSR count). The Morgan fingerprint density at radius 3 is 2.93 bits per heavy atom. The van der Waals surface area contributed by atoms with Crippen molar-refractivity contribution in [2.24, 2.45) is 4.99 Å². The lowest BCUT2D eigenvalue weighted by molar-refractivity contribution is 0.356. The maximum Gasteiger partial charge on any atom is 0.164 e. The molecule has 0 radical (unpaired) electrons. The Labute approximate surface area is 110 Å². The number of rotatable bonds is 0. The van der Waals surface area contributed by atoms with Crippen molar-refractivity contribution in [2.45, 2.75) is 33.9 Å². The van der Waals surface area contributed by atoms with Gasteiger partial charge in [0.05, 0.1) is 4.83 Å². The molecule has 1 saturated heterocycles. The van der Waals surface area contributed by atoms with Gasteiger partial charge in [0, 0.05) is 19.5 Å². The zero-order valence-electron chi connectivity index (χ0n) is 7.85. The van der Waals surface area contributed by atoms with Crippen LogP contribution in [0.15, 0.2) is 4.99 Å². The van der Waals surface area contributed by atoms with E-state index < -0.39 is 0 Å².